The summed E-state index contributed by atoms with van der Waals surface area (Å²) in [4.78, 5) is 5.03. The van der Waals surface area contributed by atoms with Crippen LogP contribution in [0.1, 0.15) is 20.8 Å². The molecule has 0 aromatic heterocycles. The smallest absolute Gasteiger partial charge is 0.0195 e. The molecule has 0 radical (unpaired) electrons. The Bertz CT molecular complexity index is 182. The molecule has 1 rings (SSSR count). The van der Waals surface area contributed by atoms with E-state index in [9.17, 15) is 0 Å². The van der Waals surface area contributed by atoms with Crippen molar-refractivity contribution in [2.75, 3.05) is 38.6 Å². The van der Waals surface area contributed by atoms with E-state index in [1.807, 2.05) is 0 Å². The molecule has 1 unspecified atom stereocenters. The Labute approximate surface area is 96.8 Å². The number of rotatable bonds is 3. The lowest BCUT2D eigenvalue weighted by Gasteiger charge is -2.41. The zero-order valence-corrected chi connectivity index (χ0v) is 11.5. The van der Waals surface area contributed by atoms with Crippen LogP contribution in [0, 0.1) is 5.41 Å². The Morgan fingerprint density at radius 2 is 2.00 bits per heavy atom. The fourth-order valence-electron chi connectivity index (χ4n) is 2.00. The average Bonchev–Trinajstić information content (AvgIpc) is 2.10. The first-order valence-electron chi connectivity index (χ1n) is 5.43. The van der Waals surface area contributed by atoms with E-state index in [0.717, 1.165) is 5.33 Å². The van der Waals surface area contributed by atoms with Crippen molar-refractivity contribution in [3.8, 4) is 0 Å². The van der Waals surface area contributed by atoms with Crippen LogP contribution >= 0.6 is 15.9 Å². The van der Waals surface area contributed by atoms with Crippen molar-refractivity contribution in [1.82, 2.24) is 9.80 Å². The Hall–Kier alpha value is 0.400. The van der Waals surface area contributed by atoms with Crippen LogP contribution in [0.25, 0.3) is 0 Å². The standard InChI is InChI=1S/C11H23BrN2/c1-10-7-13(4)5-6-14(10)9-11(2,3)8-12/h10H,5-9H2,1-4H3. The zero-order chi connectivity index (χ0) is 10.8. The predicted molar refractivity (Wildman–Crippen MR) is 66.1 cm³/mol. The highest BCUT2D eigenvalue weighted by Crippen LogP contribution is 2.22. The lowest BCUT2D eigenvalue weighted by Crippen LogP contribution is -2.53. The molecule has 0 aliphatic carbocycles. The monoisotopic (exact) mass is 262 g/mol. The molecule has 14 heavy (non-hydrogen) atoms. The second-order valence-electron chi connectivity index (χ2n) is 5.38. The summed E-state index contributed by atoms with van der Waals surface area (Å²) in [5.41, 5.74) is 0.393. The molecule has 0 aromatic rings. The van der Waals surface area contributed by atoms with Crippen LogP contribution < -0.4 is 0 Å². The van der Waals surface area contributed by atoms with Gasteiger partial charge < -0.3 is 4.90 Å². The van der Waals surface area contributed by atoms with Crippen molar-refractivity contribution in [2.24, 2.45) is 5.41 Å². The topological polar surface area (TPSA) is 6.48 Å². The summed E-state index contributed by atoms with van der Waals surface area (Å²) in [6.45, 7) is 11.8. The normalized spacial score (nSPS) is 26.8. The van der Waals surface area contributed by atoms with Crippen LogP contribution in [-0.2, 0) is 0 Å². The van der Waals surface area contributed by atoms with Crippen LogP contribution in [-0.4, -0.2) is 54.4 Å². The molecule has 1 fully saturated rings. The Kier molecular flexibility index (Phi) is 4.41. The number of piperazine rings is 1. The molecule has 1 aliphatic heterocycles. The van der Waals surface area contributed by atoms with Crippen molar-refractivity contribution < 1.29 is 0 Å². The molecule has 0 spiro atoms. The molecule has 2 nitrogen and oxygen atoms in total. The average molecular weight is 263 g/mol. The van der Waals surface area contributed by atoms with Gasteiger partial charge in [0.15, 0.2) is 0 Å². The molecule has 0 bridgehead atoms. The molecule has 0 amide bonds. The van der Waals surface area contributed by atoms with Gasteiger partial charge in [0, 0.05) is 37.6 Å². The fourth-order valence-corrected chi connectivity index (χ4v) is 2.18. The van der Waals surface area contributed by atoms with Gasteiger partial charge in [-0.1, -0.05) is 29.8 Å². The molecule has 0 N–H and O–H groups in total. The first-order chi connectivity index (χ1) is 6.44. The van der Waals surface area contributed by atoms with E-state index >= 15 is 0 Å². The molecular formula is C11H23BrN2. The summed E-state index contributed by atoms with van der Waals surface area (Å²) in [5.74, 6) is 0. The van der Waals surface area contributed by atoms with Crippen molar-refractivity contribution in [1.29, 1.82) is 0 Å². The lowest BCUT2D eigenvalue weighted by molar-refractivity contribution is 0.0718. The van der Waals surface area contributed by atoms with Gasteiger partial charge in [-0.25, -0.2) is 0 Å². The number of likely N-dealkylation sites (N-methyl/N-ethyl adjacent to an activating group) is 1. The molecule has 84 valence electrons. The van der Waals surface area contributed by atoms with Gasteiger partial charge in [0.25, 0.3) is 0 Å². The van der Waals surface area contributed by atoms with E-state index in [1.54, 1.807) is 0 Å². The van der Waals surface area contributed by atoms with Crippen molar-refractivity contribution in [3.63, 3.8) is 0 Å². The highest BCUT2D eigenvalue weighted by Gasteiger charge is 2.27. The third kappa shape index (κ3) is 3.52. The van der Waals surface area contributed by atoms with Crippen molar-refractivity contribution in [2.45, 2.75) is 26.8 Å². The Balaban J connectivity index is 2.45. The van der Waals surface area contributed by atoms with Crippen LogP contribution in [0.5, 0.6) is 0 Å². The number of hydrogen-bond donors (Lipinski definition) is 0. The predicted octanol–water partition coefficient (Wildman–Crippen LogP) is 2.04. The molecule has 3 heteroatoms. The van der Waals surface area contributed by atoms with E-state index in [0.29, 0.717) is 11.5 Å². The minimum absolute atomic E-state index is 0.393. The number of halogens is 1. The van der Waals surface area contributed by atoms with E-state index in [-0.39, 0.29) is 0 Å². The number of alkyl halides is 1. The van der Waals surface area contributed by atoms with Gasteiger partial charge in [0.1, 0.15) is 0 Å². The molecule has 0 aromatic carbocycles. The quantitative estimate of drug-likeness (QED) is 0.719. The van der Waals surface area contributed by atoms with Gasteiger partial charge >= 0.3 is 0 Å². The molecule has 0 saturated carbocycles. The number of hydrogen-bond acceptors (Lipinski definition) is 2. The molecule has 1 atom stereocenters. The second kappa shape index (κ2) is 4.95. The molecular weight excluding hydrogens is 240 g/mol. The van der Waals surface area contributed by atoms with Crippen LogP contribution in [0.3, 0.4) is 0 Å². The summed E-state index contributed by atoms with van der Waals surface area (Å²) in [6, 6.07) is 0.701. The molecule has 1 aliphatic rings. The Morgan fingerprint density at radius 1 is 1.36 bits per heavy atom. The molecule has 1 saturated heterocycles. The zero-order valence-electron chi connectivity index (χ0n) is 9.89. The highest BCUT2D eigenvalue weighted by molar-refractivity contribution is 9.09. The van der Waals surface area contributed by atoms with Gasteiger partial charge in [0.05, 0.1) is 0 Å². The second-order valence-corrected chi connectivity index (χ2v) is 5.94. The first kappa shape index (κ1) is 12.5. The van der Waals surface area contributed by atoms with Crippen molar-refractivity contribution in [3.05, 3.63) is 0 Å². The maximum absolute atomic E-state index is 3.59. The van der Waals surface area contributed by atoms with E-state index in [2.05, 4.69) is 53.5 Å². The van der Waals surface area contributed by atoms with E-state index < -0.39 is 0 Å². The maximum Gasteiger partial charge on any atom is 0.0195 e. The van der Waals surface area contributed by atoms with Gasteiger partial charge in [0.2, 0.25) is 0 Å². The summed E-state index contributed by atoms with van der Waals surface area (Å²) in [5, 5.41) is 1.08. The SMILES string of the molecule is CC1CN(C)CCN1CC(C)(C)CBr. The summed E-state index contributed by atoms with van der Waals surface area (Å²) < 4.78 is 0. The van der Waals surface area contributed by atoms with E-state index in [1.165, 1.54) is 26.2 Å². The van der Waals surface area contributed by atoms with Crippen LogP contribution in [0.2, 0.25) is 0 Å². The van der Waals surface area contributed by atoms with Crippen molar-refractivity contribution >= 4 is 15.9 Å². The van der Waals surface area contributed by atoms with Gasteiger partial charge in [-0.2, -0.15) is 0 Å². The number of nitrogens with zero attached hydrogens (tertiary/aromatic N) is 2. The first-order valence-corrected chi connectivity index (χ1v) is 6.55. The van der Waals surface area contributed by atoms with Crippen LogP contribution in [0.15, 0.2) is 0 Å². The minimum Gasteiger partial charge on any atom is -0.304 e. The Morgan fingerprint density at radius 3 is 2.50 bits per heavy atom. The largest absolute Gasteiger partial charge is 0.304 e. The lowest BCUT2D eigenvalue weighted by atomic mass is 9.94. The van der Waals surface area contributed by atoms with Gasteiger partial charge in [-0.15, -0.1) is 0 Å². The highest BCUT2D eigenvalue weighted by atomic mass is 79.9. The maximum atomic E-state index is 3.59. The fraction of sp³-hybridized carbons (Fsp3) is 1.00. The van der Waals surface area contributed by atoms with E-state index in [4.69, 9.17) is 0 Å². The third-order valence-electron chi connectivity index (χ3n) is 2.96. The summed E-state index contributed by atoms with van der Waals surface area (Å²) in [6.07, 6.45) is 0. The minimum atomic E-state index is 0.393. The van der Waals surface area contributed by atoms with Crippen LogP contribution in [0.4, 0.5) is 0 Å². The van der Waals surface area contributed by atoms with Gasteiger partial charge in [-0.05, 0) is 19.4 Å². The third-order valence-corrected chi connectivity index (χ3v) is 4.48. The van der Waals surface area contributed by atoms with Gasteiger partial charge in [-0.3, -0.25) is 4.90 Å². The summed E-state index contributed by atoms with van der Waals surface area (Å²) >= 11 is 3.59. The summed E-state index contributed by atoms with van der Waals surface area (Å²) in [7, 11) is 2.21. The molecule has 1 heterocycles.